The van der Waals surface area contributed by atoms with Crippen LogP contribution in [-0.4, -0.2) is 23.5 Å². The average Bonchev–Trinajstić information content (AvgIpc) is 2.87. The highest BCUT2D eigenvalue weighted by molar-refractivity contribution is 5.97. The normalized spacial score (nSPS) is 16.9. The molecule has 1 amide bonds. The first kappa shape index (κ1) is 12.4. The summed E-state index contributed by atoms with van der Waals surface area (Å²) in [5.74, 6) is -0.0236. The second-order valence-electron chi connectivity index (χ2n) is 4.42. The summed E-state index contributed by atoms with van der Waals surface area (Å²) >= 11 is 0. The van der Waals surface area contributed by atoms with E-state index in [9.17, 15) is 10.1 Å². The Balaban J connectivity index is 2.19. The van der Waals surface area contributed by atoms with Gasteiger partial charge < -0.3 is 10.1 Å². The lowest BCUT2D eigenvalue weighted by Crippen LogP contribution is -2.45. The molecule has 1 aromatic heterocycles. The molecule has 1 saturated carbocycles. The number of nitriles is 1. The van der Waals surface area contributed by atoms with Gasteiger partial charge in [0, 0.05) is 6.20 Å². The molecular weight excluding hydrogens is 230 g/mol. The molecule has 2 rings (SSSR count). The van der Waals surface area contributed by atoms with Crippen LogP contribution in [0.3, 0.4) is 0 Å². The lowest BCUT2D eigenvalue weighted by molar-refractivity contribution is 0.0917. The summed E-state index contributed by atoms with van der Waals surface area (Å²) in [5.41, 5.74) is -0.362. The third-order valence-corrected chi connectivity index (χ3v) is 3.23. The predicted molar refractivity (Wildman–Crippen MR) is 65.1 cm³/mol. The summed E-state index contributed by atoms with van der Waals surface area (Å²) in [6, 6.07) is 5.53. The van der Waals surface area contributed by atoms with Crippen LogP contribution in [0.1, 0.15) is 36.0 Å². The zero-order valence-corrected chi connectivity index (χ0v) is 10.3. The zero-order valence-electron chi connectivity index (χ0n) is 10.3. The quantitative estimate of drug-likeness (QED) is 0.878. The molecule has 0 aromatic carbocycles. The van der Waals surface area contributed by atoms with E-state index in [-0.39, 0.29) is 11.8 Å². The van der Waals surface area contributed by atoms with Crippen molar-refractivity contribution in [1.82, 2.24) is 10.3 Å². The smallest absolute Gasteiger partial charge is 0.258 e. The van der Waals surface area contributed by atoms with E-state index in [1.807, 2.05) is 0 Å². The highest BCUT2D eigenvalue weighted by atomic mass is 16.5. The highest BCUT2D eigenvalue weighted by Gasteiger charge is 2.36. The summed E-state index contributed by atoms with van der Waals surface area (Å²) in [6.07, 6.45) is 4.91. The van der Waals surface area contributed by atoms with Gasteiger partial charge in [-0.3, -0.25) is 4.79 Å². The number of rotatable bonds is 3. The van der Waals surface area contributed by atoms with E-state index in [0.29, 0.717) is 18.4 Å². The van der Waals surface area contributed by atoms with E-state index in [0.717, 1.165) is 12.8 Å². The highest BCUT2D eigenvalue weighted by Crippen LogP contribution is 2.29. The molecule has 0 bridgehead atoms. The van der Waals surface area contributed by atoms with Gasteiger partial charge in [0.2, 0.25) is 5.88 Å². The molecule has 0 unspecified atom stereocenters. The molecule has 0 saturated heterocycles. The second-order valence-corrected chi connectivity index (χ2v) is 4.42. The number of ether oxygens (including phenoxy) is 1. The molecule has 0 radical (unpaired) electrons. The summed E-state index contributed by atoms with van der Waals surface area (Å²) in [4.78, 5) is 16.1. The first-order chi connectivity index (χ1) is 8.71. The molecule has 0 aliphatic heterocycles. The van der Waals surface area contributed by atoms with Gasteiger partial charge in [-0.15, -0.1) is 0 Å². The number of hydrogen-bond donors (Lipinski definition) is 1. The van der Waals surface area contributed by atoms with Crippen molar-refractivity contribution in [2.75, 3.05) is 7.11 Å². The van der Waals surface area contributed by atoms with Crippen molar-refractivity contribution in [3.8, 4) is 11.9 Å². The van der Waals surface area contributed by atoms with E-state index >= 15 is 0 Å². The van der Waals surface area contributed by atoms with Gasteiger partial charge in [-0.05, 0) is 37.8 Å². The Morgan fingerprint density at radius 1 is 1.56 bits per heavy atom. The first-order valence-electron chi connectivity index (χ1n) is 5.93. The molecular formula is C13H15N3O2. The third kappa shape index (κ3) is 2.28. The molecule has 1 aliphatic carbocycles. The Labute approximate surface area is 106 Å². The van der Waals surface area contributed by atoms with E-state index in [2.05, 4.69) is 16.4 Å². The molecule has 5 heteroatoms. The molecule has 18 heavy (non-hydrogen) atoms. The van der Waals surface area contributed by atoms with Crippen molar-refractivity contribution >= 4 is 5.91 Å². The minimum atomic E-state index is -0.724. The van der Waals surface area contributed by atoms with Gasteiger partial charge in [-0.25, -0.2) is 4.98 Å². The van der Waals surface area contributed by atoms with Crippen LogP contribution in [0.4, 0.5) is 0 Å². The monoisotopic (exact) mass is 245 g/mol. The van der Waals surface area contributed by atoms with E-state index in [4.69, 9.17) is 4.74 Å². The van der Waals surface area contributed by atoms with Crippen molar-refractivity contribution in [3.63, 3.8) is 0 Å². The lowest BCUT2D eigenvalue weighted by Gasteiger charge is -2.22. The largest absolute Gasteiger partial charge is 0.480 e. The summed E-state index contributed by atoms with van der Waals surface area (Å²) < 4.78 is 5.04. The molecule has 5 nitrogen and oxygen atoms in total. The van der Waals surface area contributed by atoms with Crippen LogP contribution in [0.5, 0.6) is 5.88 Å². The van der Waals surface area contributed by atoms with E-state index in [1.165, 1.54) is 7.11 Å². The maximum Gasteiger partial charge on any atom is 0.258 e. The fraction of sp³-hybridized carbons (Fsp3) is 0.462. The van der Waals surface area contributed by atoms with Gasteiger partial charge in [-0.2, -0.15) is 5.26 Å². The number of carbonyl (C=O) groups excluding carboxylic acids is 1. The van der Waals surface area contributed by atoms with Crippen LogP contribution in [0.15, 0.2) is 18.3 Å². The molecule has 1 heterocycles. The molecule has 0 spiro atoms. The van der Waals surface area contributed by atoms with Crippen molar-refractivity contribution in [2.45, 2.75) is 31.2 Å². The fourth-order valence-electron chi connectivity index (χ4n) is 2.25. The maximum absolute atomic E-state index is 12.2. The molecule has 1 aromatic rings. The number of carbonyl (C=O) groups is 1. The van der Waals surface area contributed by atoms with Crippen molar-refractivity contribution in [2.24, 2.45) is 0 Å². The Kier molecular flexibility index (Phi) is 3.47. The number of methoxy groups -OCH3 is 1. The maximum atomic E-state index is 12.2. The van der Waals surface area contributed by atoms with E-state index < -0.39 is 5.54 Å². The predicted octanol–water partition coefficient (Wildman–Crippen LogP) is 1.66. The summed E-state index contributed by atoms with van der Waals surface area (Å²) in [5, 5.41) is 12.0. The molecule has 1 fully saturated rings. The second kappa shape index (κ2) is 5.05. The fourth-order valence-corrected chi connectivity index (χ4v) is 2.25. The minimum Gasteiger partial charge on any atom is -0.480 e. The standard InChI is InChI=1S/C13H15N3O2/c1-18-12-10(5-4-8-15-12)11(17)16-13(9-14)6-2-3-7-13/h4-5,8H,2-3,6-7H2,1H3,(H,16,17). The van der Waals surface area contributed by atoms with Crippen LogP contribution < -0.4 is 10.1 Å². The lowest BCUT2D eigenvalue weighted by atomic mass is 9.99. The van der Waals surface area contributed by atoms with Crippen LogP contribution >= 0.6 is 0 Å². The molecule has 1 aliphatic rings. The Morgan fingerprint density at radius 3 is 2.89 bits per heavy atom. The topological polar surface area (TPSA) is 75.0 Å². The van der Waals surface area contributed by atoms with Crippen LogP contribution in [0.2, 0.25) is 0 Å². The molecule has 94 valence electrons. The number of amides is 1. The number of nitrogens with one attached hydrogen (secondary N) is 1. The van der Waals surface area contributed by atoms with Crippen molar-refractivity contribution < 1.29 is 9.53 Å². The number of pyridine rings is 1. The van der Waals surface area contributed by atoms with Crippen LogP contribution in [0, 0.1) is 11.3 Å². The van der Waals surface area contributed by atoms with Crippen LogP contribution in [0.25, 0.3) is 0 Å². The third-order valence-electron chi connectivity index (χ3n) is 3.23. The Morgan fingerprint density at radius 2 is 2.28 bits per heavy atom. The van der Waals surface area contributed by atoms with Gasteiger partial charge in [0.15, 0.2) is 0 Å². The summed E-state index contributed by atoms with van der Waals surface area (Å²) in [7, 11) is 1.47. The van der Waals surface area contributed by atoms with Gasteiger partial charge in [-0.1, -0.05) is 0 Å². The zero-order chi connectivity index (χ0) is 13.0. The van der Waals surface area contributed by atoms with Crippen LogP contribution in [-0.2, 0) is 0 Å². The Hall–Kier alpha value is -2.09. The van der Waals surface area contributed by atoms with Crippen molar-refractivity contribution in [1.29, 1.82) is 5.26 Å². The number of hydrogen-bond acceptors (Lipinski definition) is 4. The summed E-state index contributed by atoms with van der Waals surface area (Å²) in [6.45, 7) is 0. The van der Waals surface area contributed by atoms with E-state index in [1.54, 1.807) is 18.3 Å². The minimum absolute atomic E-state index is 0.279. The number of nitrogens with zero attached hydrogens (tertiary/aromatic N) is 2. The van der Waals surface area contributed by atoms with Gasteiger partial charge in [0.25, 0.3) is 5.91 Å². The number of aromatic nitrogens is 1. The van der Waals surface area contributed by atoms with Crippen molar-refractivity contribution in [3.05, 3.63) is 23.9 Å². The average molecular weight is 245 g/mol. The SMILES string of the molecule is COc1ncccc1C(=O)NC1(C#N)CCCC1. The van der Waals surface area contributed by atoms with Gasteiger partial charge >= 0.3 is 0 Å². The van der Waals surface area contributed by atoms with Gasteiger partial charge in [0.1, 0.15) is 11.1 Å². The molecule has 0 atom stereocenters. The van der Waals surface area contributed by atoms with Gasteiger partial charge in [0.05, 0.1) is 13.2 Å². The first-order valence-corrected chi connectivity index (χ1v) is 5.93. The Bertz CT molecular complexity index is 487. The molecule has 1 N–H and O–H groups in total.